The molecule has 198 valence electrons. The summed E-state index contributed by atoms with van der Waals surface area (Å²) in [5.41, 5.74) is 5.38. The monoisotopic (exact) mass is 577 g/mol. The van der Waals surface area contributed by atoms with E-state index in [0.717, 1.165) is 34.0 Å². The summed E-state index contributed by atoms with van der Waals surface area (Å²) in [6, 6.07) is 10.5. The van der Waals surface area contributed by atoms with E-state index in [4.69, 9.17) is 21.1 Å². The van der Waals surface area contributed by atoms with E-state index in [1.165, 1.54) is 37.8 Å². The Bertz CT molecular complexity index is 1580. The Labute approximate surface area is 238 Å². The fourth-order valence-corrected chi connectivity index (χ4v) is 8.49. The van der Waals surface area contributed by atoms with Crippen LogP contribution in [0.2, 0.25) is 4.34 Å². The van der Waals surface area contributed by atoms with Crippen molar-refractivity contribution in [3.63, 3.8) is 0 Å². The summed E-state index contributed by atoms with van der Waals surface area (Å²) in [5.74, 6) is -1.48. The minimum atomic E-state index is -0.461. The number of hydrogen-bond donors (Lipinski definition) is 0. The number of benzene rings is 1. The molecule has 9 heteroatoms. The first-order valence-corrected chi connectivity index (χ1v) is 14.9. The van der Waals surface area contributed by atoms with Gasteiger partial charge in [0, 0.05) is 9.75 Å². The van der Waals surface area contributed by atoms with Crippen LogP contribution in [0.4, 0.5) is 5.69 Å². The Hall–Kier alpha value is -3.04. The first kappa shape index (κ1) is 25.0. The van der Waals surface area contributed by atoms with Gasteiger partial charge in [0.15, 0.2) is 0 Å². The fourth-order valence-electron chi connectivity index (χ4n) is 6.34. The Morgan fingerprint density at radius 3 is 2.10 bits per heavy atom. The number of rotatable bonds is 5. The second-order valence-corrected chi connectivity index (χ2v) is 13.5. The van der Waals surface area contributed by atoms with Crippen LogP contribution in [0.3, 0.4) is 0 Å². The molecule has 2 saturated heterocycles. The molecule has 6 nitrogen and oxygen atoms in total. The molecule has 2 bridgehead atoms. The number of carbonyl (C=O) groups excluding carboxylic acids is 3. The number of anilines is 1. The molecule has 1 aromatic carbocycles. The lowest BCUT2D eigenvalue weighted by atomic mass is 9.85. The van der Waals surface area contributed by atoms with Gasteiger partial charge >= 0.3 is 5.97 Å². The summed E-state index contributed by atoms with van der Waals surface area (Å²) in [6.45, 7) is 4.13. The third kappa shape index (κ3) is 3.96. The predicted molar refractivity (Wildman–Crippen MR) is 152 cm³/mol. The molecule has 5 heterocycles. The van der Waals surface area contributed by atoms with Crippen LogP contribution < -0.4 is 9.64 Å². The van der Waals surface area contributed by atoms with Gasteiger partial charge < -0.3 is 9.47 Å². The fraction of sp³-hybridized carbons (Fsp3) is 0.300. The van der Waals surface area contributed by atoms with Crippen molar-refractivity contribution in [2.45, 2.75) is 45.3 Å². The quantitative estimate of drug-likeness (QED) is 0.144. The van der Waals surface area contributed by atoms with E-state index in [0.29, 0.717) is 16.3 Å². The van der Waals surface area contributed by atoms with Gasteiger partial charge in [0.2, 0.25) is 11.8 Å². The lowest BCUT2D eigenvalue weighted by molar-refractivity contribution is -0.124. The van der Waals surface area contributed by atoms with Gasteiger partial charge in [0.25, 0.3) is 0 Å². The van der Waals surface area contributed by atoms with E-state index in [1.807, 2.05) is 31.2 Å². The molecule has 2 amide bonds. The maximum atomic E-state index is 13.1. The first-order valence-electron chi connectivity index (χ1n) is 12.9. The SMILES string of the molecule is Cc1sc(Cl)cc1C1=C(c2cc(C(=O)Oc3ccc(N4C(=O)[C@@H]5[C@H](C4=O)[C@@H]4C=C[C@H]5O4)cc3)sc2C)CCC1. The number of carbonyl (C=O) groups is 3. The molecule has 0 saturated carbocycles. The number of imide groups is 1. The molecule has 0 unspecified atom stereocenters. The second kappa shape index (κ2) is 9.27. The maximum absolute atomic E-state index is 13.1. The van der Waals surface area contributed by atoms with E-state index in [-0.39, 0.29) is 24.0 Å². The molecule has 7 rings (SSSR count). The Morgan fingerprint density at radius 1 is 0.923 bits per heavy atom. The number of aryl methyl sites for hydroxylation is 2. The van der Waals surface area contributed by atoms with E-state index < -0.39 is 17.8 Å². The zero-order valence-corrected chi connectivity index (χ0v) is 23.6. The van der Waals surface area contributed by atoms with Gasteiger partial charge in [-0.2, -0.15) is 0 Å². The smallest absolute Gasteiger partial charge is 0.353 e. The van der Waals surface area contributed by atoms with E-state index in [9.17, 15) is 14.4 Å². The Morgan fingerprint density at radius 2 is 1.51 bits per heavy atom. The molecule has 0 spiro atoms. The average molecular weight is 578 g/mol. The maximum Gasteiger partial charge on any atom is 0.353 e. The normalized spacial score (nSPS) is 25.4. The minimum Gasteiger partial charge on any atom is -0.422 e. The molecule has 3 aliphatic heterocycles. The molecule has 0 radical (unpaired) electrons. The molecule has 4 aliphatic rings. The standard InChI is InChI=1S/C30H24ClNO5S2/c1-14-20(18-4-3-5-19(18)21-13-25(31)39-15(21)2)12-24(38-14)30(35)36-17-8-6-16(7-9-17)32-28(33)26-22-10-11-23(37-22)27(26)29(32)34/h6-13,22-23,26-27H,3-5H2,1-2H3/t22-,23+,26+,27-. The number of hydrogen-bond acceptors (Lipinski definition) is 7. The van der Waals surface area contributed by atoms with Crippen LogP contribution >= 0.6 is 34.3 Å². The molecule has 3 aromatic rings. The molecular weight excluding hydrogens is 554 g/mol. The number of ether oxygens (including phenoxy) is 2. The molecule has 39 heavy (non-hydrogen) atoms. The molecule has 1 aliphatic carbocycles. The van der Waals surface area contributed by atoms with Crippen LogP contribution in [0.25, 0.3) is 11.1 Å². The number of allylic oxidation sites excluding steroid dienone is 2. The summed E-state index contributed by atoms with van der Waals surface area (Å²) in [7, 11) is 0. The number of thiophene rings is 2. The molecular formula is C30H24ClNO5S2. The van der Waals surface area contributed by atoms with Crippen LogP contribution in [-0.4, -0.2) is 30.0 Å². The van der Waals surface area contributed by atoms with Crippen molar-refractivity contribution in [1.29, 1.82) is 0 Å². The van der Waals surface area contributed by atoms with Crippen LogP contribution in [0.1, 0.15) is 49.8 Å². The lowest BCUT2D eigenvalue weighted by Gasteiger charge is -2.17. The highest BCUT2D eigenvalue weighted by molar-refractivity contribution is 7.16. The summed E-state index contributed by atoms with van der Waals surface area (Å²) in [4.78, 5) is 43.2. The average Bonchev–Trinajstić information content (AvgIpc) is 3.74. The topological polar surface area (TPSA) is 72.9 Å². The molecule has 0 N–H and O–H groups in total. The third-order valence-corrected chi connectivity index (χ3v) is 10.3. The number of halogens is 1. The van der Waals surface area contributed by atoms with Gasteiger partial charge in [-0.15, -0.1) is 22.7 Å². The van der Waals surface area contributed by atoms with Crippen molar-refractivity contribution in [3.05, 3.63) is 78.6 Å². The van der Waals surface area contributed by atoms with Crippen molar-refractivity contribution >= 4 is 68.9 Å². The van der Waals surface area contributed by atoms with Gasteiger partial charge in [-0.05, 0) is 91.8 Å². The minimum absolute atomic E-state index is 0.242. The van der Waals surface area contributed by atoms with Gasteiger partial charge in [0.1, 0.15) is 10.6 Å². The molecule has 4 atom stereocenters. The number of esters is 1. The zero-order valence-electron chi connectivity index (χ0n) is 21.2. The summed E-state index contributed by atoms with van der Waals surface area (Å²) in [6.07, 6.45) is 6.11. The van der Waals surface area contributed by atoms with Crippen molar-refractivity contribution < 1.29 is 23.9 Å². The largest absolute Gasteiger partial charge is 0.422 e. The third-order valence-electron chi connectivity index (χ3n) is 8.09. The van der Waals surface area contributed by atoms with Crippen LogP contribution in [0.15, 0.2) is 48.6 Å². The Balaban J connectivity index is 1.09. The predicted octanol–water partition coefficient (Wildman–Crippen LogP) is 6.84. The Kier molecular flexibility index (Phi) is 5.93. The van der Waals surface area contributed by atoms with Crippen molar-refractivity contribution in [3.8, 4) is 5.75 Å². The van der Waals surface area contributed by atoms with Crippen molar-refractivity contribution in [2.24, 2.45) is 11.8 Å². The lowest BCUT2D eigenvalue weighted by Crippen LogP contribution is -2.34. The zero-order chi connectivity index (χ0) is 27.0. The summed E-state index contributed by atoms with van der Waals surface area (Å²) in [5, 5.41) is 0. The molecule has 2 fully saturated rings. The number of amides is 2. The van der Waals surface area contributed by atoms with E-state index >= 15 is 0 Å². The van der Waals surface area contributed by atoms with E-state index in [2.05, 4.69) is 6.92 Å². The second-order valence-electron chi connectivity index (χ2n) is 10.3. The highest BCUT2D eigenvalue weighted by Crippen LogP contribution is 2.47. The van der Waals surface area contributed by atoms with Gasteiger partial charge in [-0.1, -0.05) is 23.8 Å². The van der Waals surface area contributed by atoms with Crippen molar-refractivity contribution in [1.82, 2.24) is 0 Å². The van der Waals surface area contributed by atoms with Crippen LogP contribution in [0, 0.1) is 25.7 Å². The van der Waals surface area contributed by atoms with Crippen LogP contribution in [-0.2, 0) is 14.3 Å². The van der Waals surface area contributed by atoms with Crippen molar-refractivity contribution in [2.75, 3.05) is 4.90 Å². The first-order chi connectivity index (χ1) is 18.8. The highest BCUT2D eigenvalue weighted by Gasteiger charge is 2.61. The number of nitrogens with zero attached hydrogens (tertiary/aromatic N) is 1. The molecule has 2 aromatic heterocycles. The summed E-state index contributed by atoms with van der Waals surface area (Å²) < 4.78 is 12.2. The summed E-state index contributed by atoms with van der Waals surface area (Å²) >= 11 is 9.31. The van der Waals surface area contributed by atoms with Gasteiger partial charge in [-0.25, -0.2) is 9.69 Å². The van der Waals surface area contributed by atoms with Crippen LogP contribution in [0.5, 0.6) is 5.75 Å². The van der Waals surface area contributed by atoms with Gasteiger partial charge in [-0.3, -0.25) is 9.59 Å². The highest BCUT2D eigenvalue weighted by atomic mass is 35.5. The van der Waals surface area contributed by atoms with E-state index in [1.54, 1.807) is 35.6 Å². The van der Waals surface area contributed by atoms with Gasteiger partial charge in [0.05, 0.1) is 34.1 Å². The number of fused-ring (bicyclic) bond motifs is 5.